The van der Waals surface area contributed by atoms with Gasteiger partial charge >= 0.3 is 0 Å². The van der Waals surface area contributed by atoms with E-state index in [0.717, 1.165) is 32.4 Å². The second-order valence-corrected chi connectivity index (χ2v) is 6.08. The zero-order chi connectivity index (χ0) is 13.7. The third-order valence-corrected chi connectivity index (χ3v) is 4.69. The number of piperidine rings is 2. The van der Waals surface area contributed by atoms with E-state index >= 15 is 0 Å². The fraction of sp³-hybridized carbons (Fsp3) is 0.933. The van der Waals surface area contributed by atoms with Gasteiger partial charge in [0.15, 0.2) is 0 Å². The van der Waals surface area contributed by atoms with Crippen LogP contribution in [0.2, 0.25) is 0 Å². The summed E-state index contributed by atoms with van der Waals surface area (Å²) >= 11 is 0. The molecule has 2 fully saturated rings. The highest BCUT2D eigenvalue weighted by atomic mass is 16.2. The Balaban J connectivity index is 1.73. The normalized spacial score (nSPS) is 24.4. The largest absolute Gasteiger partial charge is 0.343 e. The number of likely N-dealkylation sites (tertiary alicyclic amines) is 2. The first-order valence-electron chi connectivity index (χ1n) is 7.98. The molecule has 19 heavy (non-hydrogen) atoms. The van der Waals surface area contributed by atoms with Gasteiger partial charge in [0.25, 0.3) is 0 Å². The number of nitrogens with zero attached hydrogens (tertiary/aromatic N) is 2. The number of amides is 1. The van der Waals surface area contributed by atoms with Gasteiger partial charge in [0, 0.05) is 31.6 Å². The van der Waals surface area contributed by atoms with Crippen molar-refractivity contribution in [2.24, 2.45) is 5.73 Å². The zero-order valence-corrected chi connectivity index (χ0v) is 12.3. The molecular formula is C15H29N3O. The second kappa shape index (κ2) is 7.25. The molecule has 2 heterocycles. The van der Waals surface area contributed by atoms with Crippen LogP contribution >= 0.6 is 0 Å². The molecule has 2 N–H and O–H groups in total. The van der Waals surface area contributed by atoms with Crippen LogP contribution in [0.4, 0.5) is 0 Å². The van der Waals surface area contributed by atoms with Gasteiger partial charge in [-0.3, -0.25) is 4.79 Å². The van der Waals surface area contributed by atoms with Crippen molar-refractivity contribution in [3.8, 4) is 0 Å². The van der Waals surface area contributed by atoms with E-state index in [-0.39, 0.29) is 11.9 Å². The molecule has 110 valence electrons. The SMILES string of the molecule is CCC(N)CC(=O)N1CCC(N2CCCCC2)CC1. The van der Waals surface area contributed by atoms with Gasteiger partial charge in [0.05, 0.1) is 0 Å². The van der Waals surface area contributed by atoms with Gasteiger partial charge in [0.1, 0.15) is 0 Å². The summed E-state index contributed by atoms with van der Waals surface area (Å²) in [6.07, 6.45) is 7.79. The predicted molar refractivity (Wildman–Crippen MR) is 77.9 cm³/mol. The minimum atomic E-state index is 0.0346. The quantitative estimate of drug-likeness (QED) is 0.841. The Morgan fingerprint density at radius 1 is 1.16 bits per heavy atom. The third-order valence-electron chi connectivity index (χ3n) is 4.69. The van der Waals surface area contributed by atoms with E-state index in [9.17, 15) is 4.79 Å². The van der Waals surface area contributed by atoms with E-state index in [4.69, 9.17) is 5.73 Å². The van der Waals surface area contributed by atoms with Gasteiger partial charge in [-0.15, -0.1) is 0 Å². The van der Waals surface area contributed by atoms with Crippen molar-refractivity contribution in [3.05, 3.63) is 0 Å². The minimum Gasteiger partial charge on any atom is -0.343 e. The molecule has 0 aromatic carbocycles. The van der Waals surface area contributed by atoms with Crippen LogP contribution in [0.25, 0.3) is 0 Å². The van der Waals surface area contributed by atoms with Crippen LogP contribution in [0.1, 0.15) is 51.9 Å². The van der Waals surface area contributed by atoms with Crippen molar-refractivity contribution >= 4 is 5.91 Å². The molecular weight excluding hydrogens is 238 g/mol. The van der Waals surface area contributed by atoms with Crippen molar-refractivity contribution in [2.75, 3.05) is 26.2 Å². The van der Waals surface area contributed by atoms with Crippen molar-refractivity contribution in [1.82, 2.24) is 9.80 Å². The molecule has 2 rings (SSSR count). The number of rotatable bonds is 4. The molecule has 1 atom stereocenters. The van der Waals surface area contributed by atoms with Crippen molar-refractivity contribution in [2.45, 2.75) is 64.0 Å². The Bertz CT molecular complexity index is 281. The highest BCUT2D eigenvalue weighted by Gasteiger charge is 2.27. The standard InChI is InChI=1S/C15H29N3O/c1-2-13(16)12-15(19)18-10-6-14(7-11-18)17-8-4-3-5-9-17/h13-14H,2-12,16H2,1H3. The summed E-state index contributed by atoms with van der Waals surface area (Å²) in [6.45, 7) is 6.42. The molecule has 2 aliphatic rings. The van der Waals surface area contributed by atoms with Gasteiger partial charge in [-0.2, -0.15) is 0 Å². The summed E-state index contributed by atoms with van der Waals surface area (Å²) in [4.78, 5) is 16.7. The average molecular weight is 267 g/mol. The van der Waals surface area contributed by atoms with Gasteiger partial charge in [-0.25, -0.2) is 0 Å². The first-order chi connectivity index (χ1) is 9.20. The van der Waals surface area contributed by atoms with Crippen LogP contribution in [-0.4, -0.2) is 54.0 Å². The predicted octanol–water partition coefficient (Wildman–Crippen LogP) is 1.59. The molecule has 0 saturated carbocycles. The monoisotopic (exact) mass is 267 g/mol. The summed E-state index contributed by atoms with van der Waals surface area (Å²) in [6, 6.07) is 0.747. The topological polar surface area (TPSA) is 49.6 Å². The van der Waals surface area contributed by atoms with Crippen molar-refractivity contribution in [3.63, 3.8) is 0 Å². The van der Waals surface area contributed by atoms with Crippen LogP contribution in [0.15, 0.2) is 0 Å². The van der Waals surface area contributed by atoms with Gasteiger partial charge in [-0.05, 0) is 45.2 Å². The number of nitrogens with two attached hydrogens (primary N) is 1. The van der Waals surface area contributed by atoms with E-state index in [1.54, 1.807) is 0 Å². The van der Waals surface area contributed by atoms with E-state index in [2.05, 4.69) is 4.90 Å². The molecule has 0 aromatic heterocycles. The van der Waals surface area contributed by atoms with E-state index < -0.39 is 0 Å². The first kappa shape index (κ1) is 14.8. The Labute approximate surface area is 117 Å². The summed E-state index contributed by atoms with van der Waals surface area (Å²) in [5.74, 6) is 0.256. The van der Waals surface area contributed by atoms with Crippen LogP contribution in [0, 0.1) is 0 Å². The van der Waals surface area contributed by atoms with E-state index in [0.29, 0.717) is 12.5 Å². The Kier molecular flexibility index (Phi) is 5.64. The lowest BCUT2D eigenvalue weighted by molar-refractivity contribution is -0.133. The van der Waals surface area contributed by atoms with Gasteiger partial charge in [0.2, 0.25) is 5.91 Å². The van der Waals surface area contributed by atoms with Crippen molar-refractivity contribution < 1.29 is 4.79 Å². The highest BCUT2D eigenvalue weighted by molar-refractivity contribution is 5.76. The van der Waals surface area contributed by atoms with Crippen LogP contribution in [0.5, 0.6) is 0 Å². The lowest BCUT2D eigenvalue weighted by atomic mass is 9.99. The summed E-state index contributed by atoms with van der Waals surface area (Å²) < 4.78 is 0. The lowest BCUT2D eigenvalue weighted by Crippen LogP contribution is -2.48. The van der Waals surface area contributed by atoms with Gasteiger partial charge in [-0.1, -0.05) is 13.3 Å². The van der Waals surface area contributed by atoms with Crippen molar-refractivity contribution in [1.29, 1.82) is 0 Å². The van der Waals surface area contributed by atoms with Crippen LogP contribution in [0.3, 0.4) is 0 Å². The van der Waals surface area contributed by atoms with Crippen LogP contribution < -0.4 is 5.73 Å². The number of carbonyl (C=O) groups excluding carboxylic acids is 1. The number of hydrogen-bond donors (Lipinski definition) is 1. The molecule has 2 saturated heterocycles. The Hall–Kier alpha value is -0.610. The third kappa shape index (κ3) is 4.18. The Morgan fingerprint density at radius 2 is 1.79 bits per heavy atom. The molecule has 1 unspecified atom stereocenters. The molecule has 2 aliphatic heterocycles. The Morgan fingerprint density at radius 3 is 2.37 bits per heavy atom. The van der Waals surface area contributed by atoms with Crippen LogP contribution in [-0.2, 0) is 4.79 Å². The second-order valence-electron chi connectivity index (χ2n) is 6.08. The molecule has 0 aliphatic carbocycles. The summed E-state index contributed by atoms with van der Waals surface area (Å²) in [5, 5.41) is 0. The molecule has 1 amide bonds. The molecule has 4 heteroatoms. The highest BCUT2D eigenvalue weighted by Crippen LogP contribution is 2.21. The lowest BCUT2D eigenvalue weighted by Gasteiger charge is -2.40. The summed E-state index contributed by atoms with van der Waals surface area (Å²) in [7, 11) is 0. The fourth-order valence-electron chi connectivity index (χ4n) is 3.26. The smallest absolute Gasteiger partial charge is 0.224 e. The maximum atomic E-state index is 12.1. The summed E-state index contributed by atoms with van der Waals surface area (Å²) in [5.41, 5.74) is 5.87. The van der Waals surface area contributed by atoms with Gasteiger partial charge < -0.3 is 15.5 Å². The minimum absolute atomic E-state index is 0.0346. The van der Waals surface area contributed by atoms with E-state index in [1.165, 1.54) is 32.4 Å². The average Bonchev–Trinajstić information content (AvgIpc) is 2.48. The molecule has 0 radical (unpaired) electrons. The maximum absolute atomic E-state index is 12.1. The number of hydrogen-bond acceptors (Lipinski definition) is 3. The van der Waals surface area contributed by atoms with E-state index in [1.807, 2.05) is 11.8 Å². The molecule has 0 aromatic rings. The number of carbonyl (C=O) groups is 1. The molecule has 0 bridgehead atoms. The molecule has 0 spiro atoms. The maximum Gasteiger partial charge on any atom is 0.224 e. The zero-order valence-electron chi connectivity index (χ0n) is 12.3. The molecule has 4 nitrogen and oxygen atoms in total. The fourth-order valence-corrected chi connectivity index (χ4v) is 3.26. The first-order valence-corrected chi connectivity index (χ1v) is 7.98.